The fraction of sp³-hybridized carbons (Fsp3) is 0.467. The zero-order chi connectivity index (χ0) is 17.0. The number of benzene rings is 1. The number of esters is 1. The average Bonchev–Trinajstić information content (AvgIpc) is 2.80. The van der Waals surface area contributed by atoms with Crippen molar-refractivity contribution in [1.29, 1.82) is 0 Å². The molecule has 1 fully saturated rings. The quantitative estimate of drug-likeness (QED) is 0.796. The maximum absolute atomic E-state index is 12.0. The summed E-state index contributed by atoms with van der Waals surface area (Å²) in [5, 5.41) is 3.05. The lowest BCUT2D eigenvalue weighted by Gasteiger charge is -2.16. The van der Waals surface area contributed by atoms with E-state index in [-0.39, 0.29) is 17.9 Å². The van der Waals surface area contributed by atoms with Gasteiger partial charge in [0.15, 0.2) is 15.9 Å². The third-order valence-corrected chi connectivity index (χ3v) is 5.69. The second-order valence-corrected chi connectivity index (χ2v) is 8.14. The highest BCUT2D eigenvalue weighted by molar-refractivity contribution is 7.91. The topological polar surface area (TPSA) is 89.5 Å². The molecule has 1 amide bonds. The second-order valence-electron chi connectivity index (χ2n) is 5.51. The first-order chi connectivity index (χ1) is 10.8. The van der Waals surface area contributed by atoms with E-state index in [0.29, 0.717) is 17.0 Å². The minimum absolute atomic E-state index is 0.0326. The molecule has 0 radical (unpaired) electrons. The Morgan fingerprint density at radius 2 is 2.09 bits per heavy atom. The van der Waals surface area contributed by atoms with Crippen LogP contribution in [0.15, 0.2) is 24.3 Å². The number of nitrogens with one attached hydrogen (secondary N) is 1. The highest BCUT2D eigenvalue weighted by Gasteiger charge is 2.30. The van der Waals surface area contributed by atoms with Crippen LogP contribution in [0, 0.1) is 0 Å². The van der Waals surface area contributed by atoms with Crippen LogP contribution >= 0.6 is 11.6 Å². The summed E-state index contributed by atoms with van der Waals surface area (Å²) in [6, 6.07) is 6.46. The van der Waals surface area contributed by atoms with Crippen LogP contribution in [0.1, 0.15) is 18.9 Å². The van der Waals surface area contributed by atoms with Crippen LogP contribution in [-0.2, 0) is 30.6 Å². The Morgan fingerprint density at radius 1 is 1.39 bits per heavy atom. The van der Waals surface area contributed by atoms with E-state index < -0.39 is 33.9 Å². The van der Waals surface area contributed by atoms with Gasteiger partial charge in [-0.3, -0.25) is 9.59 Å². The zero-order valence-corrected chi connectivity index (χ0v) is 14.2. The zero-order valence-electron chi connectivity index (χ0n) is 12.6. The van der Waals surface area contributed by atoms with Gasteiger partial charge in [-0.05, 0) is 25.0 Å². The summed E-state index contributed by atoms with van der Waals surface area (Å²) < 4.78 is 27.8. The van der Waals surface area contributed by atoms with Crippen LogP contribution in [0.2, 0.25) is 5.02 Å². The van der Waals surface area contributed by atoms with Crippen molar-refractivity contribution in [2.45, 2.75) is 31.9 Å². The Kier molecular flexibility index (Phi) is 5.64. The second kappa shape index (κ2) is 7.31. The van der Waals surface area contributed by atoms with Crippen LogP contribution in [0.3, 0.4) is 0 Å². The molecule has 0 aromatic heterocycles. The van der Waals surface area contributed by atoms with Gasteiger partial charge in [-0.1, -0.05) is 29.8 Å². The van der Waals surface area contributed by atoms with Gasteiger partial charge >= 0.3 is 5.97 Å². The van der Waals surface area contributed by atoms with Crippen LogP contribution in [0.5, 0.6) is 0 Å². The summed E-state index contributed by atoms with van der Waals surface area (Å²) in [6.45, 7) is 1.45. The first-order valence-electron chi connectivity index (χ1n) is 7.20. The third-order valence-electron chi connectivity index (χ3n) is 3.55. The number of sulfone groups is 1. The summed E-state index contributed by atoms with van der Waals surface area (Å²) in [5.74, 6) is -1.07. The van der Waals surface area contributed by atoms with E-state index in [4.69, 9.17) is 16.3 Å². The van der Waals surface area contributed by atoms with Gasteiger partial charge in [0.05, 0.1) is 17.9 Å². The van der Waals surface area contributed by atoms with Crippen molar-refractivity contribution in [1.82, 2.24) is 5.32 Å². The SMILES string of the molecule is C[C@@H](OC(=O)Cc1ccccc1Cl)C(=O)N[C@@H]1CCS(=O)(=O)C1. The van der Waals surface area contributed by atoms with Gasteiger partial charge in [-0.25, -0.2) is 8.42 Å². The third kappa shape index (κ3) is 5.21. The maximum Gasteiger partial charge on any atom is 0.311 e. The molecule has 8 heteroatoms. The predicted octanol–water partition coefficient (Wildman–Crippen LogP) is 1.12. The molecule has 1 heterocycles. The molecular weight excluding hydrogens is 342 g/mol. The van der Waals surface area contributed by atoms with Crippen molar-refractivity contribution in [3.63, 3.8) is 0 Å². The molecule has 0 bridgehead atoms. The van der Waals surface area contributed by atoms with Gasteiger partial charge in [0.25, 0.3) is 5.91 Å². The van der Waals surface area contributed by atoms with Crippen molar-refractivity contribution < 1.29 is 22.7 Å². The number of rotatable bonds is 5. The molecule has 2 atom stereocenters. The molecule has 1 saturated heterocycles. The first-order valence-corrected chi connectivity index (χ1v) is 9.40. The number of amides is 1. The lowest BCUT2D eigenvalue weighted by Crippen LogP contribution is -2.42. The number of hydrogen-bond acceptors (Lipinski definition) is 5. The Bertz CT molecular complexity index is 704. The van der Waals surface area contributed by atoms with E-state index in [1.54, 1.807) is 24.3 Å². The van der Waals surface area contributed by atoms with Crippen molar-refractivity contribution in [2.75, 3.05) is 11.5 Å². The normalized spacial score (nSPS) is 20.7. The Balaban J connectivity index is 1.84. The van der Waals surface area contributed by atoms with Gasteiger partial charge in [-0.15, -0.1) is 0 Å². The summed E-state index contributed by atoms with van der Waals surface area (Å²) in [7, 11) is -3.07. The highest BCUT2D eigenvalue weighted by atomic mass is 35.5. The molecule has 6 nitrogen and oxygen atoms in total. The minimum atomic E-state index is -3.07. The molecule has 0 aliphatic carbocycles. The molecule has 0 unspecified atom stereocenters. The number of ether oxygens (including phenoxy) is 1. The minimum Gasteiger partial charge on any atom is -0.452 e. The monoisotopic (exact) mass is 359 g/mol. The fourth-order valence-corrected chi connectivity index (χ4v) is 4.19. The van der Waals surface area contributed by atoms with Crippen LogP contribution in [-0.4, -0.2) is 43.9 Å². The number of carbonyl (C=O) groups is 2. The van der Waals surface area contributed by atoms with Crippen molar-refractivity contribution in [3.8, 4) is 0 Å². The first kappa shape index (κ1) is 17.7. The molecule has 23 heavy (non-hydrogen) atoms. The molecule has 1 aromatic rings. The van der Waals surface area contributed by atoms with E-state index >= 15 is 0 Å². The lowest BCUT2D eigenvalue weighted by atomic mass is 10.1. The number of halogens is 1. The van der Waals surface area contributed by atoms with Gasteiger partial charge < -0.3 is 10.1 Å². The van der Waals surface area contributed by atoms with Gasteiger partial charge in [-0.2, -0.15) is 0 Å². The van der Waals surface area contributed by atoms with E-state index in [1.807, 2.05) is 0 Å². The van der Waals surface area contributed by atoms with Crippen LogP contribution in [0.25, 0.3) is 0 Å². The van der Waals surface area contributed by atoms with E-state index in [0.717, 1.165) is 0 Å². The molecule has 0 spiro atoms. The van der Waals surface area contributed by atoms with Crippen LogP contribution < -0.4 is 5.32 Å². The molecule has 1 N–H and O–H groups in total. The molecule has 126 valence electrons. The Labute approximate surface area is 140 Å². The predicted molar refractivity (Wildman–Crippen MR) is 85.9 cm³/mol. The smallest absolute Gasteiger partial charge is 0.311 e. The average molecular weight is 360 g/mol. The van der Waals surface area contributed by atoms with Crippen molar-refractivity contribution in [3.05, 3.63) is 34.9 Å². The summed E-state index contributed by atoms with van der Waals surface area (Å²) in [5.41, 5.74) is 0.619. The molecule has 0 saturated carbocycles. The fourth-order valence-electron chi connectivity index (χ4n) is 2.32. The standard InChI is InChI=1S/C15H18ClNO5S/c1-10(15(19)17-12-6-7-23(20,21)9-12)22-14(18)8-11-4-2-3-5-13(11)16/h2-5,10,12H,6-9H2,1H3,(H,17,19)/t10-,12-/m1/s1. The summed E-state index contributed by atoms with van der Waals surface area (Å²) in [6.07, 6.45) is -0.642. The van der Waals surface area contributed by atoms with E-state index in [1.165, 1.54) is 6.92 Å². The molecule has 1 aliphatic rings. The van der Waals surface area contributed by atoms with E-state index in [9.17, 15) is 18.0 Å². The maximum atomic E-state index is 12.0. The van der Waals surface area contributed by atoms with Crippen molar-refractivity contribution >= 4 is 33.3 Å². The van der Waals surface area contributed by atoms with E-state index in [2.05, 4.69) is 5.32 Å². The Hall–Kier alpha value is -1.60. The largest absolute Gasteiger partial charge is 0.452 e. The van der Waals surface area contributed by atoms with Gasteiger partial charge in [0.2, 0.25) is 0 Å². The summed E-state index contributed by atoms with van der Waals surface area (Å²) in [4.78, 5) is 23.8. The number of carbonyl (C=O) groups excluding carboxylic acids is 2. The van der Waals surface area contributed by atoms with Crippen LogP contribution in [0.4, 0.5) is 0 Å². The highest BCUT2D eigenvalue weighted by Crippen LogP contribution is 2.16. The van der Waals surface area contributed by atoms with Gasteiger partial charge in [0, 0.05) is 11.1 Å². The number of hydrogen-bond donors (Lipinski definition) is 1. The van der Waals surface area contributed by atoms with Gasteiger partial charge in [0.1, 0.15) is 0 Å². The summed E-state index contributed by atoms with van der Waals surface area (Å²) >= 11 is 5.96. The molecule has 1 aliphatic heterocycles. The van der Waals surface area contributed by atoms with Crippen molar-refractivity contribution in [2.24, 2.45) is 0 Å². The molecular formula is C15H18ClNO5S. The molecule has 2 rings (SSSR count). The lowest BCUT2D eigenvalue weighted by molar-refractivity contribution is -0.154. The Morgan fingerprint density at radius 3 is 2.70 bits per heavy atom. The molecule has 1 aromatic carbocycles.